The molecule has 7 nitrogen and oxygen atoms in total. The number of alkyl halides is 3. The highest BCUT2D eigenvalue weighted by Crippen LogP contribution is 2.36. The number of rotatable bonds is 2. The van der Waals surface area contributed by atoms with Crippen molar-refractivity contribution in [2.24, 2.45) is 0 Å². The maximum Gasteiger partial charge on any atom is 0.416 e. The Kier molecular flexibility index (Phi) is 4.01. The van der Waals surface area contributed by atoms with Crippen molar-refractivity contribution in [2.75, 3.05) is 31.1 Å². The van der Waals surface area contributed by atoms with Crippen LogP contribution < -0.4 is 10.2 Å². The lowest BCUT2D eigenvalue weighted by Crippen LogP contribution is -2.47. The van der Waals surface area contributed by atoms with Gasteiger partial charge >= 0.3 is 6.18 Å². The fourth-order valence-corrected chi connectivity index (χ4v) is 4.56. The minimum absolute atomic E-state index is 0.125. The van der Waals surface area contributed by atoms with Gasteiger partial charge in [0.25, 0.3) is 0 Å². The molecule has 5 heterocycles. The molecule has 2 aliphatic rings. The van der Waals surface area contributed by atoms with Crippen molar-refractivity contribution in [1.29, 1.82) is 0 Å². The Morgan fingerprint density at radius 1 is 1.03 bits per heavy atom. The summed E-state index contributed by atoms with van der Waals surface area (Å²) in [6, 6.07) is 5.55. The molecular weight excluding hydrogens is 407 g/mol. The van der Waals surface area contributed by atoms with Crippen molar-refractivity contribution in [3.8, 4) is 0 Å². The molecule has 1 fully saturated rings. The van der Waals surface area contributed by atoms with Crippen molar-refractivity contribution in [2.45, 2.75) is 24.9 Å². The fraction of sp³-hybridized carbons (Fsp3) is 0.381. The van der Waals surface area contributed by atoms with E-state index in [0.29, 0.717) is 11.0 Å². The van der Waals surface area contributed by atoms with Gasteiger partial charge in [0.15, 0.2) is 5.65 Å². The first-order chi connectivity index (χ1) is 15.0. The Morgan fingerprint density at radius 3 is 2.71 bits per heavy atom. The Labute approximate surface area is 175 Å². The summed E-state index contributed by atoms with van der Waals surface area (Å²) in [5, 5.41) is 7.91. The second kappa shape index (κ2) is 6.68. The van der Waals surface area contributed by atoms with Gasteiger partial charge < -0.3 is 15.2 Å². The van der Waals surface area contributed by atoms with Crippen LogP contribution in [0.2, 0.25) is 0 Å². The van der Waals surface area contributed by atoms with Crippen molar-refractivity contribution in [3.63, 3.8) is 0 Å². The van der Waals surface area contributed by atoms with Crippen molar-refractivity contribution < 1.29 is 13.2 Å². The number of benzene rings is 1. The molecule has 0 saturated carbocycles. The third-order valence-electron chi connectivity index (χ3n) is 6.18. The summed E-state index contributed by atoms with van der Waals surface area (Å²) in [5.41, 5.74) is 3.47. The quantitative estimate of drug-likeness (QED) is 0.515. The smallest absolute Gasteiger partial charge is 0.355 e. The maximum absolute atomic E-state index is 13.0. The van der Waals surface area contributed by atoms with E-state index in [4.69, 9.17) is 4.98 Å². The van der Waals surface area contributed by atoms with Gasteiger partial charge in [0.2, 0.25) is 0 Å². The lowest BCUT2D eigenvalue weighted by Gasteiger charge is -2.41. The van der Waals surface area contributed by atoms with Gasteiger partial charge in [-0.3, -0.25) is 0 Å². The zero-order valence-corrected chi connectivity index (χ0v) is 16.6. The summed E-state index contributed by atoms with van der Waals surface area (Å²) in [4.78, 5) is 14.7. The van der Waals surface area contributed by atoms with E-state index >= 15 is 0 Å². The van der Waals surface area contributed by atoms with Gasteiger partial charge in [0.05, 0.1) is 34.4 Å². The molecular formula is C21H20F3N7. The second-order valence-corrected chi connectivity index (χ2v) is 8.17. The van der Waals surface area contributed by atoms with E-state index in [-0.39, 0.29) is 5.92 Å². The number of halogens is 3. The first-order valence-corrected chi connectivity index (χ1v) is 10.4. The molecule has 31 heavy (non-hydrogen) atoms. The molecule has 0 atom stereocenters. The van der Waals surface area contributed by atoms with Crippen LogP contribution in [-0.2, 0) is 19.0 Å². The van der Waals surface area contributed by atoms with Crippen LogP contribution in [0.15, 0.2) is 30.5 Å². The maximum atomic E-state index is 13.0. The molecule has 2 N–H and O–H groups in total. The van der Waals surface area contributed by atoms with Gasteiger partial charge in [0, 0.05) is 37.7 Å². The largest absolute Gasteiger partial charge is 0.416 e. The van der Waals surface area contributed by atoms with E-state index in [2.05, 4.69) is 25.3 Å². The van der Waals surface area contributed by atoms with Gasteiger partial charge in [-0.2, -0.15) is 22.8 Å². The number of fused-ring (bicyclic) bond motifs is 3. The number of hydrogen-bond donors (Lipinski definition) is 2. The van der Waals surface area contributed by atoms with Crippen LogP contribution in [0, 0.1) is 0 Å². The minimum Gasteiger partial charge on any atom is -0.355 e. The predicted molar refractivity (Wildman–Crippen MR) is 109 cm³/mol. The average molecular weight is 427 g/mol. The van der Waals surface area contributed by atoms with E-state index in [0.717, 1.165) is 74.1 Å². The lowest BCUT2D eigenvalue weighted by molar-refractivity contribution is -0.137. The van der Waals surface area contributed by atoms with Crippen LogP contribution in [0.4, 0.5) is 19.0 Å². The Hall–Kier alpha value is -3.14. The van der Waals surface area contributed by atoms with E-state index < -0.39 is 11.7 Å². The summed E-state index contributed by atoms with van der Waals surface area (Å²) in [7, 11) is 0. The predicted octanol–water partition coefficient (Wildman–Crippen LogP) is 2.92. The minimum atomic E-state index is -4.37. The fourth-order valence-electron chi connectivity index (χ4n) is 4.56. The molecule has 2 aliphatic heterocycles. The monoisotopic (exact) mass is 427 g/mol. The van der Waals surface area contributed by atoms with Gasteiger partial charge in [-0.1, -0.05) is 0 Å². The zero-order valence-electron chi connectivity index (χ0n) is 16.6. The summed E-state index contributed by atoms with van der Waals surface area (Å²) in [5.74, 6) is 1.92. The third kappa shape index (κ3) is 3.04. The number of anilines is 1. The number of hydrogen-bond acceptors (Lipinski definition) is 5. The summed E-state index contributed by atoms with van der Waals surface area (Å²) < 4.78 is 40.9. The summed E-state index contributed by atoms with van der Waals surface area (Å²) in [6.07, 6.45) is -0.833. The van der Waals surface area contributed by atoms with E-state index in [1.807, 2.05) is 10.6 Å². The van der Waals surface area contributed by atoms with Gasteiger partial charge in [0.1, 0.15) is 11.6 Å². The first-order valence-electron chi connectivity index (χ1n) is 10.4. The van der Waals surface area contributed by atoms with Gasteiger partial charge in [-0.15, -0.1) is 0 Å². The summed E-state index contributed by atoms with van der Waals surface area (Å²) in [6.45, 7) is 3.26. The number of H-pyrrole nitrogens is 1. The Bertz CT molecular complexity index is 1280. The van der Waals surface area contributed by atoms with Crippen LogP contribution in [0.25, 0.3) is 16.7 Å². The zero-order chi connectivity index (χ0) is 21.2. The molecule has 0 spiro atoms. The molecule has 1 aromatic carbocycles. The molecule has 10 heteroatoms. The normalized spacial score (nSPS) is 17.7. The average Bonchev–Trinajstić information content (AvgIpc) is 3.25. The summed E-state index contributed by atoms with van der Waals surface area (Å²) >= 11 is 0. The number of aromatic amines is 1. The molecule has 0 aliphatic carbocycles. The Balaban J connectivity index is 1.31. The molecule has 0 unspecified atom stereocenters. The van der Waals surface area contributed by atoms with Crippen molar-refractivity contribution >= 4 is 22.5 Å². The second-order valence-electron chi connectivity index (χ2n) is 8.17. The SMILES string of the molecule is FC(F)(F)c1ccc2nc(C3CN(c4c5c(nc6ccnn46)CCNCC5)C3)[nH]c2c1. The Morgan fingerprint density at radius 2 is 1.87 bits per heavy atom. The number of nitrogens with one attached hydrogen (secondary N) is 2. The van der Waals surface area contributed by atoms with E-state index in [9.17, 15) is 13.2 Å². The highest BCUT2D eigenvalue weighted by atomic mass is 19.4. The standard InChI is InChI=1S/C21H20F3N7/c22-21(23,24)13-1-2-16-17(9-13)29-19(28-16)12-10-30(11-12)20-14-3-6-25-7-4-15(14)27-18-5-8-26-31(18)20/h1-2,5,8-9,12,25H,3-4,6-7,10-11H2,(H,28,29). The van der Waals surface area contributed by atoms with E-state index in [1.165, 1.54) is 11.6 Å². The topological polar surface area (TPSA) is 74.1 Å². The van der Waals surface area contributed by atoms with Crippen molar-refractivity contribution in [3.05, 3.63) is 53.1 Å². The molecule has 0 radical (unpaired) electrons. The molecule has 3 aromatic heterocycles. The first kappa shape index (κ1) is 18.6. The molecule has 0 bridgehead atoms. The number of nitrogens with zero attached hydrogens (tertiary/aromatic N) is 5. The molecule has 6 rings (SSSR count). The van der Waals surface area contributed by atoms with Crippen LogP contribution >= 0.6 is 0 Å². The molecule has 4 aromatic rings. The number of aromatic nitrogens is 5. The number of imidazole rings is 1. The van der Waals surface area contributed by atoms with Crippen LogP contribution in [0.1, 0.15) is 28.6 Å². The third-order valence-corrected chi connectivity index (χ3v) is 6.18. The molecule has 160 valence electrons. The highest BCUT2D eigenvalue weighted by Gasteiger charge is 2.35. The van der Waals surface area contributed by atoms with E-state index in [1.54, 1.807) is 6.20 Å². The van der Waals surface area contributed by atoms with Gasteiger partial charge in [-0.25, -0.2) is 9.97 Å². The molecule has 0 amide bonds. The van der Waals surface area contributed by atoms with Gasteiger partial charge in [-0.05, 0) is 31.2 Å². The lowest BCUT2D eigenvalue weighted by atomic mass is 9.97. The van der Waals surface area contributed by atoms with Crippen molar-refractivity contribution in [1.82, 2.24) is 29.9 Å². The molecule has 1 saturated heterocycles. The van der Waals surface area contributed by atoms with Crippen LogP contribution in [0.5, 0.6) is 0 Å². The highest BCUT2D eigenvalue weighted by molar-refractivity contribution is 5.76. The van der Waals surface area contributed by atoms with Crippen LogP contribution in [-0.4, -0.2) is 50.7 Å². The van der Waals surface area contributed by atoms with Crippen LogP contribution in [0.3, 0.4) is 0 Å².